The van der Waals surface area contributed by atoms with Crippen LogP contribution in [-0.2, 0) is 21.1 Å². The van der Waals surface area contributed by atoms with Crippen molar-refractivity contribution in [2.24, 2.45) is 0 Å². The number of hydrogen-bond donors (Lipinski definition) is 4. The topological polar surface area (TPSA) is 80.9 Å². The van der Waals surface area contributed by atoms with Crippen LogP contribution in [-0.4, -0.2) is 42.8 Å². The van der Waals surface area contributed by atoms with E-state index in [1.54, 1.807) is 27.7 Å². The van der Waals surface area contributed by atoms with Gasteiger partial charge in [-0.2, -0.15) is 0 Å². The molecule has 0 rings (SSSR count). The summed E-state index contributed by atoms with van der Waals surface area (Å²) in [7, 11) is 0. The summed E-state index contributed by atoms with van der Waals surface area (Å²) in [6, 6.07) is 0. The molecule has 166 valence electrons. The first-order chi connectivity index (χ1) is 12.5. The Bertz CT molecular complexity index is 458. The van der Waals surface area contributed by atoms with E-state index < -0.39 is 22.4 Å². The van der Waals surface area contributed by atoms with Crippen molar-refractivity contribution >= 4 is 0 Å². The van der Waals surface area contributed by atoms with Gasteiger partial charge in [-0.3, -0.25) is 0 Å². The van der Waals surface area contributed by atoms with Gasteiger partial charge in [0.05, 0.1) is 22.4 Å². The zero-order valence-corrected chi connectivity index (χ0v) is 21.2. The Morgan fingerprint density at radius 2 is 0.586 bits per heavy atom. The van der Waals surface area contributed by atoms with Crippen molar-refractivity contribution in [1.82, 2.24) is 0 Å². The molecule has 0 saturated heterocycles. The van der Waals surface area contributed by atoms with Crippen molar-refractivity contribution in [3.8, 4) is 23.7 Å². The maximum Gasteiger partial charge on any atom is 4.00 e. The molecule has 0 heterocycles. The van der Waals surface area contributed by atoms with E-state index in [2.05, 4.69) is 0 Å². The number of rotatable bonds is 4. The molecule has 0 bridgehead atoms. The largest absolute Gasteiger partial charge is 4.00 e. The predicted octanol–water partition coefficient (Wildman–Crippen LogP) is 2.95. The van der Waals surface area contributed by atoms with Crippen LogP contribution >= 0.6 is 0 Å². The summed E-state index contributed by atoms with van der Waals surface area (Å²) in [4.78, 5) is 0. The van der Waals surface area contributed by atoms with E-state index in [0.29, 0.717) is 25.7 Å². The first-order valence-electron chi connectivity index (χ1n) is 9.14. The quantitative estimate of drug-likeness (QED) is 0.303. The first kappa shape index (κ1) is 38.4. The summed E-state index contributed by atoms with van der Waals surface area (Å²) in [5, 5.41) is 35.3. The van der Waals surface area contributed by atoms with Gasteiger partial charge in [0.15, 0.2) is 0 Å². The molecule has 0 saturated carbocycles. The third-order valence-corrected chi connectivity index (χ3v) is 3.83. The van der Waals surface area contributed by atoms with Crippen LogP contribution in [0.4, 0.5) is 0 Å². The minimum atomic E-state index is -1.00. The summed E-state index contributed by atoms with van der Waals surface area (Å²) in [6.45, 7) is 13.5. The van der Waals surface area contributed by atoms with Crippen LogP contribution in [0.1, 0.15) is 81.1 Å². The van der Waals surface area contributed by atoms with Crippen molar-refractivity contribution in [2.75, 3.05) is 0 Å². The second kappa shape index (κ2) is 18.8. The van der Waals surface area contributed by atoms with Gasteiger partial charge in [0.25, 0.3) is 0 Å². The first-order valence-corrected chi connectivity index (χ1v) is 9.14. The van der Waals surface area contributed by atoms with Crippen LogP contribution in [0.5, 0.6) is 0 Å². The Kier molecular flexibility index (Phi) is 24.8. The minimum absolute atomic E-state index is 0. The van der Waals surface area contributed by atoms with E-state index in [-0.39, 0.29) is 21.1 Å². The Morgan fingerprint density at radius 3 is 0.586 bits per heavy atom. The molecule has 0 aliphatic rings. The summed E-state index contributed by atoms with van der Waals surface area (Å²) in [5.41, 5.74) is -4.00. The van der Waals surface area contributed by atoms with Gasteiger partial charge in [0, 0.05) is 0 Å². The Morgan fingerprint density at radius 1 is 0.483 bits per heavy atom. The number of aliphatic hydroxyl groups is 4. The number of hydrogen-bond acceptors (Lipinski definition) is 4. The summed E-state index contributed by atoms with van der Waals surface area (Å²) in [5.74, 6) is 7.99. The molecule has 0 aromatic carbocycles. The van der Waals surface area contributed by atoms with E-state index >= 15 is 0 Å². The van der Waals surface area contributed by atoms with Gasteiger partial charge >= 0.3 is 21.1 Å². The summed E-state index contributed by atoms with van der Waals surface area (Å²) in [6.07, 6.45) is 28.2. The van der Waals surface area contributed by atoms with Gasteiger partial charge in [0.1, 0.15) is 0 Å². The normalized spacial score (nSPS) is 16.8. The van der Waals surface area contributed by atoms with Crippen molar-refractivity contribution in [1.29, 1.82) is 0 Å². The molecule has 0 fully saturated rings. The van der Waals surface area contributed by atoms with Crippen LogP contribution in [0.2, 0.25) is 0 Å². The van der Waals surface area contributed by atoms with Gasteiger partial charge in [-0.15, -0.1) is 0 Å². The zero-order valence-electron chi connectivity index (χ0n) is 18.9. The smallest absolute Gasteiger partial charge is 0.691 e. The monoisotopic (exact) mass is 583 g/mol. The zero-order chi connectivity index (χ0) is 23.7. The van der Waals surface area contributed by atoms with Gasteiger partial charge in [-0.1, -0.05) is 27.7 Å². The Hall–Kier alpha value is -1.23. The van der Waals surface area contributed by atoms with Crippen LogP contribution < -0.4 is 0 Å². The second-order valence-corrected chi connectivity index (χ2v) is 7.01. The molecule has 5 heteroatoms. The average Bonchev–Trinajstić information content (AvgIpc) is 2.69. The van der Waals surface area contributed by atoms with Gasteiger partial charge in [-0.25, -0.2) is 0 Å². The minimum Gasteiger partial charge on any atom is -0.691 e. The molecular formula is C24H36O4Pt. The molecule has 29 heavy (non-hydrogen) atoms. The van der Waals surface area contributed by atoms with E-state index in [1.807, 2.05) is 51.4 Å². The standard InChI is InChI=1S/4C6H9O.Pt/c4*1-4-6(3,7)5-2;/h4*7H,4H2,1,3H3;/q4*-1;+4. The predicted molar refractivity (Wildman–Crippen MR) is 112 cm³/mol. The molecular weight excluding hydrogens is 547 g/mol. The van der Waals surface area contributed by atoms with E-state index in [0.717, 1.165) is 0 Å². The average molecular weight is 584 g/mol. The maximum absolute atomic E-state index is 8.83. The van der Waals surface area contributed by atoms with Crippen LogP contribution in [0.3, 0.4) is 0 Å². The van der Waals surface area contributed by atoms with Crippen molar-refractivity contribution in [2.45, 2.75) is 103 Å². The third-order valence-electron chi connectivity index (χ3n) is 3.83. The Labute approximate surface area is 194 Å². The van der Waals surface area contributed by atoms with Crippen molar-refractivity contribution < 1.29 is 41.5 Å². The van der Waals surface area contributed by atoms with Crippen molar-refractivity contribution in [3.63, 3.8) is 0 Å². The molecule has 0 aromatic heterocycles. The molecule has 0 amide bonds. The summed E-state index contributed by atoms with van der Waals surface area (Å²) < 4.78 is 0. The van der Waals surface area contributed by atoms with Gasteiger partial charge < -0.3 is 69.8 Å². The van der Waals surface area contributed by atoms with Crippen molar-refractivity contribution in [3.05, 3.63) is 25.7 Å². The molecule has 4 nitrogen and oxygen atoms in total. The van der Waals surface area contributed by atoms with Crippen LogP contribution in [0.15, 0.2) is 0 Å². The molecule has 0 aromatic rings. The fraction of sp³-hybridized carbons (Fsp3) is 0.667. The van der Waals surface area contributed by atoms with E-state index in [1.165, 1.54) is 0 Å². The molecule has 4 N–H and O–H groups in total. The molecule has 4 atom stereocenters. The van der Waals surface area contributed by atoms with E-state index in [9.17, 15) is 0 Å². The SMILES string of the molecule is [C-]#CC(C)(O)CC.[C-]#CC(C)(O)CC.[C-]#CC(C)(O)CC.[C-]#CC(C)(O)CC.[Pt+4]. The third kappa shape index (κ3) is 31.7. The second-order valence-electron chi connectivity index (χ2n) is 7.01. The molecule has 0 spiro atoms. The molecule has 0 aliphatic heterocycles. The fourth-order valence-electron chi connectivity index (χ4n) is 0.354. The van der Waals surface area contributed by atoms with Gasteiger partial charge in [-0.05, 0) is 53.4 Å². The molecule has 0 aliphatic carbocycles. The fourth-order valence-corrected chi connectivity index (χ4v) is 0.354. The summed E-state index contributed by atoms with van der Waals surface area (Å²) >= 11 is 0. The molecule has 4 unspecified atom stereocenters. The van der Waals surface area contributed by atoms with E-state index in [4.69, 9.17) is 46.1 Å². The van der Waals surface area contributed by atoms with Crippen LogP contribution in [0.25, 0.3) is 0 Å². The molecule has 0 radical (unpaired) electrons. The Balaban J connectivity index is -0.0000000873. The maximum atomic E-state index is 8.83. The van der Waals surface area contributed by atoms with Crippen LogP contribution in [0, 0.1) is 49.4 Å². The van der Waals surface area contributed by atoms with Gasteiger partial charge in [0.2, 0.25) is 0 Å².